The smallest absolute Gasteiger partial charge is 0.318 e. The van der Waals surface area contributed by atoms with Gasteiger partial charge in [0.15, 0.2) is 0 Å². The molecular weight excluding hydrogens is 202 g/mol. The zero-order chi connectivity index (χ0) is 10.6. The number of hydrogen-bond acceptors (Lipinski definition) is 3. The number of rotatable bonds is 2. The van der Waals surface area contributed by atoms with Crippen LogP contribution in [0.5, 0.6) is 0 Å². The summed E-state index contributed by atoms with van der Waals surface area (Å²) in [6.45, 7) is 3.06. The maximum Gasteiger partial charge on any atom is 0.331 e. The van der Waals surface area contributed by atoms with Crippen LogP contribution < -0.4 is 0 Å². The molecule has 74 valence electrons. The van der Waals surface area contributed by atoms with Crippen LogP contribution in [-0.2, 0) is 9.63 Å². The molecule has 1 aromatic rings. The van der Waals surface area contributed by atoms with Gasteiger partial charge in [-0.25, -0.2) is 4.79 Å². The number of hydrogen-bond donors (Lipinski definition) is 0. The Morgan fingerprint density at radius 1 is 1.29 bits per heavy atom. The maximum absolute atomic E-state index is 10.5. The van der Waals surface area contributed by atoms with E-state index in [-0.39, 0.29) is 0 Å². The minimum Gasteiger partial charge on any atom is -0.318 e. The standard InChI is InChI=1S/C10H10ClNO2/c1-7(12-14-8(2)13)9-3-5-10(11)6-4-9/h3-6H,1-2H3. The Morgan fingerprint density at radius 3 is 2.36 bits per heavy atom. The lowest BCUT2D eigenvalue weighted by Gasteiger charge is -1.99. The molecule has 14 heavy (non-hydrogen) atoms. The average molecular weight is 212 g/mol. The van der Waals surface area contributed by atoms with E-state index in [1.807, 2.05) is 12.1 Å². The molecule has 0 aromatic heterocycles. The first-order valence-electron chi connectivity index (χ1n) is 4.07. The van der Waals surface area contributed by atoms with Gasteiger partial charge in [-0.3, -0.25) is 0 Å². The summed E-state index contributed by atoms with van der Waals surface area (Å²) in [6, 6.07) is 7.13. The molecule has 0 aliphatic carbocycles. The van der Waals surface area contributed by atoms with Crippen molar-refractivity contribution in [2.24, 2.45) is 5.16 Å². The highest BCUT2D eigenvalue weighted by Crippen LogP contribution is 2.10. The van der Waals surface area contributed by atoms with E-state index in [4.69, 9.17) is 11.6 Å². The Hall–Kier alpha value is -1.35. The van der Waals surface area contributed by atoms with Gasteiger partial charge in [0.1, 0.15) is 0 Å². The summed E-state index contributed by atoms with van der Waals surface area (Å²) >= 11 is 5.72. The van der Waals surface area contributed by atoms with Crippen molar-refractivity contribution in [2.75, 3.05) is 0 Å². The highest BCUT2D eigenvalue weighted by Gasteiger charge is 1.98. The quantitative estimate of drug-likeness (QED) is 0.429. The monoisotopic (exact) mass is 211 g/mol. The van der Waals surface area contributed by atoms with Gasteiger partial charge in [0.25, 0.3) is 0 Å². The summed E-state index contributed by atoms with van der Waals surface area (Å²) in [5, 5.41) is 4.31. The summed E-state index contributed by atoms with van der Waals surface area (Å²) in [6.07, 6.45) is 0. The third-order valence-corrected chi connectivity index (χ3v) is 1.83. The van der Waals surface area contributed by atoms with Crippen molar-refractivity contribution < 1.29 is 9.63 Å². The minimum atomic E-state index is -0.432. The van der Waals surface area contributed by atoms with E-state index in [0.29, 0.717) is 10.7 Å². The molecule has 0 spiro atoms. The van der Waals surface area contributed by atoms with Gasteiger partial charge in [-0.2, -0.15) is 0 Å². The number of benzene rings is 1. The highest BCUT2D eigenvalue weighted by molar-refractivity contribution is 6.30. The zero-order valence-corrected chi connectivity index (χ0v) is 8.71. The molecule has 1 rings (SSSR count). The number of carbonyl (C=O) groups excluding carboxylic acids is 1. The normalized spacial score (nSPS) is 11.2. The van der Waals surface area contributed by atoms with Crippen LogP contribution in [0, 0.1) is 0 Å². The molecule has 0 fully saturated rings. The van der Waals surface area contributed by atoms with E-state index in [9.17, 15) is 4.79 Å². The Morgan fingerprint density at radius 2 is 1.86 bits per heavy atom. The molecule has 1 aromatic carbocycles. The molecule has 0 saturated carbocycles. The molecule has 0 aliphatic heterocycles. The topological polar surface area (TPSA) is 38.7 Å². The molecule has 0 saturated heterocycles. The molecule has 0 aliphatic rings. The third kappa shape index (κ3) is 3.18. The predicted octanol–water partition coefficient (Wildman–Crippen LogP) is 2.63. The van der Waals surface area contributed by atoms with Crippen LogP contribution in [0.4, 0.5) is 0 Å². The van der Waals surface area contributed by atoms with Crippen LogP contribution >= 0.6 is 11.6 Å². The van der Waals surface area contributed by atoms with Crippen LogP contribution in [0.2, 0.25) is 5.02 Å². The van der Waals surface area contributed by atoms with Gasteiger partial charge in [-0.1, -0.05) is 28.9 Å². The van der Waals surface area contributed by atoms with Crippen LogP contribution in [0.3, 0.4) is 0 Å². The second-order valence-electron chi connectivity index (χ2n) is 2.77. The fourth-order valence-corrected chi connectivity index (χ4v) is 1.00. The summed E-state index contributed by atoms with van der Waals surface area (Å²) in [5.74, 6) is -0.432. The van der Waals surface area contributed by atoms with Crippen molar-refractivity contribution in [3.8, 4) is 0 Å². The summed E-state index contributed by atoms with van der Waals surface area (Å²) in [4.78, 5) is 15.0. The average Bonchev–Trinajstić information content (AvgIpc) is 2.15. The van der Waals surface area contributed by atoms with E-state index in [0.717, 1.165) is 5.56 Å². The minimum absolute atomic E-state index is 0.432. The fraction of sp³-hybridized carbons (Fsp3) is 0.200. The molecule has 3 nitrogen and oxygen atoms in total. The molecular formula is C10H10ClNO2. The first-order chi connectivity index (χ1) is 6.59. The largest absolute Gasteiger partial charge is 0.331 e. The Labute approximate surface area is 87.3 Å². The van der Waals surface area contributed by atoms with Crippen LogP contribution in [-0.4, -0.2) is 11.7 Å². The molecule has 0 amide bonds. The first kappa shape index (κ1) is 10.7. The molecule has 0 radical (unpaired) electrons. The van der Waals surface area contributed by atoms with Gasteiger partial charge in [0.05, 0.1) is 5.71 Å². The van der Waals surface area contributed by atoms with Crippen LogP contribution in [0.1, 0.15) is 19.4 Å². The van der Waals surface area contributed by atoms with E-state index in [1.54, 1.807) is 19.1 Å². The van der Waals surface area contributed by atoms with E-state index < -0.39 is 5.97 Å². The van der Waals surface area contributed by atoms with Crippen molar-refractivity contribution >= 4 is 23.3 Å². The Balaban J connectivity index is 2.78. The molecule has 4 heteroatoms. The second kappa shape index (κ2) is 4.77. The van der Waals surface area contributed by atoms with Crippen molar-refractivity contribution in [2.45, 2.75) is 13.8 Å². The number of nitrogens with zero attached hydrogens (tertiary/aromatic N) is 1. The summed E-state index contributed by atoms with van der Waals surface area (Å²) in [5.41, 5.74) is 1.51. The molecule has 0 N–H and O–H groups in total. The molecule has 0 heterocycles. The fourth-order valence-electron chi connectivity index (χ4n) is 0.877. The van der Waals surface area contributed by atoms with Crippen LogP contribution in [0.25, 0.3) is 0 Å². The highest BCUT2D eigenvalue weighted by atomic mass is 35.5. The number of carbonyl (C=O) groups is 1. The van der Waals surface area contributed by atoms with Gasteiger partial charge in [0.2, 0.25) is 0 Å². The lowest BCUT2D eigenvalue weighted by Crippen LogP contribution is -1.98. The van der Waals surface area contributed by atoms with E-state index >= 15 is 0 Å². The summed E-state index contributed by atoms with van der Waals surface area (Å²) in [7, 11) is 0. The van der Waals surface area contributed by atoms with E-state index in [1.165, 1.54) is 6.92 Å². The van der Waals surface area contributed by atoms with Crippen molar-refractivity contribution in [1.29, 1.82) is 0 Å². The van der Waals surface area contributed by atoms with Gasteiger partial charge in [-0.05, 0) is 24.6 Å². The lowest BCUT2D eigenvalue weighted by atomic mass is 10.1. The third-order valence-electron chi connectivity index (χ3n) is 1.57. The van der Waals surface area contributed by atoms with Crippen molar-refractivity contribution in [3.05, 3.63) is 34.9 Å². The first-order valence-corrected chi connectivity index (χ1v) is 4.45. The van der Waals surface area contributed by atoms with Gasteiger partial charge in [0, 0.05) is 11.9 Å². The van der Waals surface area contributed by atoms with Gasteiger partial charge in [-0.15, -0.1) is 0 Å². The predicted molar refractivity (Wildman–Crippen MR) is 55.4 cm³/mol. The lowest BCUT2D eigenvalue weighted by molar-refractivity contribution is -0.140. The maximum atomic E-state index is 10.5. The second-order valence-corrected chi connectivity index (χ2v) is 3.20. The van der Waals surface area contributed by atoms with Crippen LogP contribution in [0.15, 0.2) is 29.4 Å². The van der Waals surface area contributed by atoms with Gasteiger partial charge >= 0.3 is 5.97 Å². The molecule has 0 atom stereocenters. The zero-order valence-electron chi connectivity index (χ0n) is 7.95. The van der Waals surface area contributed by atoms with Crippen molar-refractivity contribution in [1.82, 2.24) is 0 Å². The molecule has 0 unspecified atom stereocenters. The van der Waals surface area contributed by atoms with Gasteiger partial charge < -0.3 is 4.84 Å². The molecule has 0 bridgehead atoms. The Bertz CT molecular complexity index is 357. The summed E-state index contributed by atoms with van der Waals surface area (Å²) < 4.78 is 0. The SMILES string of the molecule is CC(=O)ON=C(C)c1ccc(Cl)cc1. The Kier molecular flexibility index (Phi) is 3.65. The number of oxime groups is 1. The van der Waals surface area contributed by atoms with E-state index in [2.05, 4.69) is 9.99 Å². The number of halogens is 1. The van der Waals surface area contributed by atoms with Crippen molar-refractivity contribution in [3.63, 3.8) is 0 Å².